The summed E-state index contributed by atoms with van der Waals surface area (Å²) in [5.74, 6) is 5.36. The fraction of sp³-hybridized carbons (Fsp3) is 0.604. The summed E-state index contributed by atoms with van der Waals surface area (Å²) in [7, 11) is 3.22. The molecule has 0 bridgehead atoms. The van der Waals surface area contributed by atoms with Crippen LogP contribution < -0.4 is 9.47 Å². The second-order valence-corrected chi connectivity index (χ2v) is 14.6. The molecule has 1 aliphatic rings. The van der Waals surface area contributed by atoms with E-state index in [1.807, 2.05) is 30.3 Å². The lowest BCUT2D eigenvalue weighted by Gasteiger charge is -2.32. The maximum absolute atomic E-state index is 12.5. The number of hydrogen-bond donors (Lipinski definition) is 0. The molecule has 0 spiro atoms. The highest BCUT2D eigenvalue weighted by molar-refractivity contribution is 5.89. The molecule has 2 aromatic carbocycles. The molecule has 61 heavy (non-hydrogen) atoms. The highest BCUT2D eigenvalue weighted by Gasteiger charge is 2.38. The van der Waals surface area contributed by atoms with Gasteiger partial charge in [0.25, 0.3) is 0 Å². The maximum atomic E-state index is 12.5. The number of carbonyl (C=O) groups excluding carboxylic acids is 3. The zero-order chi connectivity index (χ0) is 43.6. The third kappa shape index (κ3) is 24.0. The lowest BCUT2D eigenvalue weighted by atomic mass is 9.82. The summed E-state index contributed by atoms with van der Waals surface area (Å²) in [6.45, 7) is 9.40. The molecule has 0 heterocycles. The van der Waals surface area contributed by atoms with Gasteiger partial charge in [0.1, 0.15) is 24.2 Å². The second kappa shape index (κ2) is 33.2. The summed E-state index contributed by atoms with van der Waals surface area (Å²) in [6, 6.07) is 13.8. The topological polar surface area (TPSA) is 144 Å². The average Bonchev–Trinajstić information content (AvgIpc) is 3.26. The normalized spacial score (nSPS) is 14.3. The molecule has 0 unspecified atom stereocenters. The Kier molecular flexibility index (Phi) is 27.7. The van der Waals surface area contributed by atoms with Crippen LogP contribution in [0.1, 0.15) is 87.3 Å². The Hall–Kier alpha value is -4.45. The van der Waals surface area contributed by atoms with Gasteiger partial charge in [0.05, 0.1) is 91.3 Å². The highest BCUT2D eigenvalue weighted by Crippen LogP contribution is 2.31. The van der Waals surface area contributed by atoms with Gasteiger partial charge in [0.15, 0.2) is 0 Å². The van der Waals surface area contributed by atoms with Crippen LogP contribution in [-0.4, -0.2) is 118 Å². The third-order valence-electron chi connectivity index (χ3n) is 9.88. The van der Waals surface area contributed by atoms with Gasteiger partial charge < -0.3 is 47.4 Å². The molecule has 1 saturated carbocycles. The largest absolute Gasteiger partial charge is 0.495 e. The zero-order valence-corrected chi connectivity index (χ0v) is 36.5. The number of rotatable bonds is 35. The van der Waals surface area contributed by atoms with Crippen LogP contribution in [0.4, 0.5) is 0 Å². The molecule has 1 fully saturated rings. The Morgan fingerprint density at radius 3 is 1.74 bits per heavy atom. The first-order valence-corrected chi connectivity index (χ1v) is 21.8. The molecule has 0 atom stereocenters. The van der Waals surface area contributed by atoms with E-state index in [1.165, 1.54) is 24.5 Å². The number of aryl methyl sites for hydroxylation is 2. The monoisotopic (exact) mass is 852 g/mol. The number of benzene rings is 2. The predicted octanol–water partition coefficient (Wildman–Crippen LogP) is 7.03. The van der Waals surface area contributed by atoms with Crippen LogP contribution in [0, 0.1) is 17.8 Å². The van der Waals surface area contributed by atoms with Crippen molar-refractivity contribution in [2.45, 2.75) is 89.6 Å². The average molecular weight is 853 g/mol. The predicted molar refractivity (Wildman–Crippen MR) is 231 cm³/mol. The van der Waals surface area contributed by atoms with E-state index in [2.05, 4.69) is 30.6 Å². The van der Waals surface area contributed by atoms with Crippen molar-refractivity contribution >= 4 is 17.9 Å². The van der Waals surface area contributed by atoms with Crippen molar-refractivity contribution < 1.29 is 61.8 Å². The Bertz CT molecular complexity index is 1580. The molecule has 0 amide bonds. The summed E-state index contributed by atoms with van der Waals surface area (Å²) in [5.41, 5.74) is 2.85. The van der Waals surface area contributed by atoms with Gasteiger partial charge in [-0.3, -0.25) is 4.79 Å². The summed E-state index contributed by atoms with van der Waals surface area (Å²) in [4.78, 5) is 35.9. The van der Waals surface area contributed by atoms with Gasteiger partial charge in [-0.25, -0.2) is 9.59 Å². The van der Waals surface area contributed by atoms with Crippen molar-refractivity contribution in [3.8, 4) is 23.3 Å². The van der Waals surface area contributed by atoms with Crippen molar-refractivity contribution in [2.24, 2.45) is 5.92 Å². The quantitative estimate of drug-likeness (QED) is 0.0231. The minimum atomic E-state index is -0.628. The standard InChI is InChI=1S/C48H68O13/c1-4-46(49)59-24-12-10-8-6-5-7-9-11-13-25-60-48(51)42-37-44(38-42)61-47(50)23-20-41-19-16-40(36-45(41)53-3)15-14-39-17-21-43(22-18-39)58-35-34-57-33-32-56-31-30-55-29-28-54-27-26-52-2/h4,16-19,21-22,36,42,44H,1,5-15,24-35,37-38H2,2-3H3. The van der Waals surface area contributed by atoms with Crippen LogP contribution >= 0.6 is 0 Å². The number of esters is 3. The van der Waals surface area contributed by atoms with Crippen LogP contribution in [0.25, 0.3) is 0 Å². The van der Waals surface area contributed by atoms with Crippen LogP contribution in [0.15, 0.2) is 55.1 Å². The molecule has 0 aromatic heterocycles. The van der Waals surface area contributed by atoms with Gasteiger partial charge in [0, 0.05) is 19.1 Å². The van der Waals surface area contributed by atoms with E-state index in [9.17, 15) is 14.4 Å². The van der Waals surface area contributed by atoms with Crippen molar-refractivity contribution in [1.29, 1.82) is 0 Å². The van der Waals surface area contributed by atoms with E-state index < -0.39 is 5.97 Å². The minimum Gasteiger partial charge on any atom is -0.495 e. The van der Waals surface area contributed by atoms with Crippen LogP contribution in [0.2, 0.25) is 0 Å². The Labute approximate surface area is 363 Å². The van der Waals surface area contributed by atoms with Gasteiger partial charge in [-0.15, -0.1) is 0 Å². The summed E-state index contributed by atoms with van der Waals surface area (Å²) in [5, 5.41) is 0. The van der Waals surface area contributed by atoms with Gasteiger partial charge in [0.2, 0.25) is 0 Å². The van der Waals surface area contributed by atoms with E-state index in [-0.39, 0.29) is 24.0 Å². The molecular weight excluding hydrogens is 785 g/mol. The summed E-state index contributed by atoms with van der Waals surface area (Å²) < 4.78 is 54.1. The first-order valence-electron chi connectivity index (χ1n) is 21.8. The van der Waals surface area contributed by atoms with E-state index in [4.69, 9.17) is 47.4 Å². The first-order chi connectivity index (χ1) is 29.9. The zero-order valence-electron chi connectivity index (χ0n) is 36.5. The van der Waals surface area contributed by atoms with Crippen molar-refractivity contribution in [3.63, 3.8) is 0 Å². The summed E-state index contributed by atoms with van der Waals surface area (Å²) >= 11 is 0. The Morgan fingerprint density at radius 1 is 0.639 bits per heavy atom. The molecule has 338 valence electrons. The fourth-order valence-electron chi connectivity index (χ4n) is 6.28. The van der Waals surface area contributed by atoms with Crippen molar-refractivity contribution in [1.82, 2.24) is 0 Å². The van der Waals surface area contributed by atoms with Gasteiger partial charge in [-0.2, -0.15) is 0 Å². The van der Waals surface area contributed by atoms with E-state index in [0.717, 1.165) is 69.1 Å². The number of ether oxygens (including phenoxy) is 10. The fourth-order valence-corrected chi connectivity index (χ4v) is 6.28. The smallest absolute Gasteiger partial charge is 0.384 e. The molecule has 1 aliphatic carbocycles. The molecule has 13 nitrogen and oxygen atoms in total. The van der Waals surface area contributed by atoms with Crippen molar-refractivity contribution in [3.05, 3.63) is 71.8 Å². The second-order valence-electron chi connectivity index (χ2n) is 14.6. The van der Waals surface area contributed by atoms with Crippen LogP contribution in [-0.2, 0) is 65.1 Å². The molecule has 0 N–H and O–H groups in total. The first kappa shape index (κ1) is 50.9. The molecule has 0 saturated heterocycles. The lowest BCUT2D eigenvalue weighted by Crippen LogP contribution is -2.38. The summed E-state index contributed by atoms with van der Waals surface area (Å²) in [6.07, 6.45) is 12.9. The Morgan fingerprint density at radius 2 is 1.16 bits per heavy atom. The number of hydrogen-bond acceptors (Lipinski definition) is 13. The number of unbranched alkanes of at least 4 members (excludes halogenated alkanes) is 8. The van der Waals surface area contributed by atoms with E-state index in [1.54, 1.807) is 14.2 Å². The SMILES string of the molecule is C=CC(=O)OCCCCCCCCCCCOC(=O)C1CC(OC(=O)C#Cc2ccc(CCc3ccc(OCCOCCOCCOCCOCCOC)cc3)cc2OC)C1. The van der Waals surface area contributed by atoms with Gasteiger partial charge in [-0.1, -0.05) is 75.6 Å². The third-order valence-corrected chi connectivity index (χ3v) is 9.88. The molecule has 2 aromatic rings. The maximum Gasteiger partial charge on any atom is 0.384 e. The minimum absolute atomic E-state index is 0.223. The Balaban J connectivity index is 1.19. The molecule has 0 radical (unpaired) electrons. The van der Waals surface area contributed by atoms with E-state index >= 15 is 0 Å². The van der Waals surface area contributed by atoms with Crippen LogP contribution in [0.3, 0.4) is 0 Å². The molecule has 0 aliphatic heterocycles. The molecule has 3 rings (SSSR count). The van der Waals surface area contributed by atoms with Crippen molar-refractivity contribution in [2.75, 3.05) is 93.5 Å². The van der Waals surface area contributed by atoms with E-state index in [0.29, 0.717) is 103 Å². The number of carbonyl (C=O) groups is 3. The molecular formula is C48H68O13. The number of methoxy groups -OCH3 is 2. The van der Waals surface area contributed by atoms with Crippen LogP contribution in [0.5, 0.6) is 11.5 Å². The lowest BCUT2D eigenvalue weighted by molar-refractivity contribution is -0.164. The van der Waals surface area contributed by atoms with Gasteiger partial charge >= 0.3 is 17.9 Å². The molecule has 13 heteroatoms. The highest BCUT2D eigenvalue weighted by atomic mass is 16.6. The van der Waals surface area contributed by atoms with Gasteiger partial charge in [-0.05, 0) is 73.9 Å².